The second kappa shape index (κ2) is 7.40. The first kappa shape index (κ1) is 17.5. The van der Waals surface area contributed by atoms with Gasteiger partial charge in [-0.3, -0.25) is 4.79 Å². The Labute approximate surface area is 156 Å². The number of likely N-dealkylation sites (tertiary alicyclic amines) is 1. The fraction of sp³-hybridized carbons (Fsp3) is 0.522. The molecule has 4 rings (SSSR count). The first-order valence-electron chi connectivity index (χ1n) is 10.1. The second-order valence-electron chi connectivity index (χ2n) is 7.94. The van der Waals surface area contributed by atoms with Gasteiger partial charge in [-0.15, -0.1) is 0 Å². The van der Waals surface area contributed by atoms with Gasteiger partial charge in [0.25, 0.3) is 0 Å². The highest BCUT2D eigenvalue weighted by atomic mass is 16.5. The lowest BCUT2D eigenvalue weighted by atomic mass is 9.88. The molecule has 0 amide bonds. The lowest BCUT2D eigenvalue weighted by Crippen LogP contribution is -2.39. The number of benzene rings is 2. The molecule has 0 aromatic heterocycles. The van der Waals surface area contributed by atoms with E-state index in [4.69, 9.17) is 4.74 Å². The predicted octanol–water partition coefficient (Wildman–Crippen LogP) is 4.72. The van der Waals surface area contributed by atoms with Crippen molar-refractivity contribution in [2.45, 2.75) is 39.0 Å². The molecule has 0 radical (unpaired) electrons. The summed E-state index contributed by atoms with van der Waals surface area (Å²) in [6, 6.07) is 10.3. The van der Waals surface area contributed by atoms with Crippen molar-refractivity contribution in [2.24, 2.45) is 11.8 Å². The maximum atomic E-state index is 13.1. The SMILES string of the molecule is CCc1c(OC)ccc2cc(C(=O)C3CCCN(CC4CC4)C3)ccc12. The maximum Gasteiger partial charge on any atom is 0.167 e. The number of hydrogen-bond acceptors (Lipinski definition) is 3. The zero-order valence-corrected chi connectivity index (χ0v) is 16.0. The largest absolute Gasteiger partial charge is 0.496 e. The molecule has 2 aliphatic rings. The van der Waals surface area contributed by atoms with E-state index in [1.807, 2.05) is 12.1 Å². The molecule has 3 heteroatoms. The van der Waals surface area contributed by atoms with Gasteiger partial charge in [0.15, 0.2) is 5.78 Å². The van der Waals surface area contributed by atoms with E-state index < -0.39 is 0 Å². The minimum atomic E-state index is 0.156. The topological polar surface area (TPSA) is 29.5 Å². The van der Waals surface area contributed by atoms with Crippen molar-refractivity contribution in [3.63, 3.8) is 0 Å². The van der Waals surface area contributed by atoms with Crippen LogP contribution in [0, 0.1) is 11.8 Å². The molecule has 0 bridgehead atoms. The van der Waals surface area contributed by atoms with Crippen molar-refractivity contribution in [2.75, 3.05) is 26.7 Å². The summed E-state index contributed by atoms with van der Waals surface area (Å²) in [4.78, 5) is 15.6. The van der Waals surface area contributed by atoms with Gasteiger partial charge in [-0.05, 0) is 67.5 Å². The molecule has 1 heterocycles. The van der Waals surface area contributed by atoms with Gasteiger partial charge in [0.05, 0.1) is 7.11 Å². The third-order valence-electron chi connectivity index (χ3n) is 6.04. The average Bonchev–Trinajstić information content (AvgIpc) is 3.50. The Kier molecular flexibility index (Phi) is 4.99. The Morgan fingerprint density at radius 1 is 1.19 bits per heavy atom. The van der Waals surface area contributed by atoms with Crippen LogP contribution in [0.15, 0.2) is 30.3 Å². The van der Waals surface area contributed by atoms with E-state index in [1.54, 1.807) is 7.11 Å². The molecule has 2 fully saturated rings. The monoisotopic (exact) mass is 351 g/mol. The van der Waals surface area contributed by atoms with E-state index in [0.717, 1.165) is 55.0 Å². The minimum Gasteiger partial charge on any atom is -0.496 e. The van der Waals surface area contributed by atoms with E-state index in [1.165, 1.54) is 30.3 Å². The predicted molar refractivity (Wildman–Crippen MR) is 106 cm³/mol. The molecule has 0 spiro atoms. The summed E-state index contributed by atoms with van der Waals surface area (Å²) in [6.07, 6.45) is 5.85. The van der Waals surface area contributed by atoms with E-state index in [9.17, 15) is 4.79 Å². The fourth-order valence-electron chi connectivity index (χ4n) is 4.42. The molecule has 1 unspecified atom stereocenters. The first-order chi connectivity index (χ1) is 12.7. The molecule has 2 aromatic rings. The van der Waals surface area contributed by atoms with Crippen LogP contribution >= 0.6 is 0 Å². The summed E-state index contributed by atoms with van der Waals surface area (Å²) in [6.45, 7) is 5.45. The van der Waals surface area contributed by atoms with Crippen molar-refractivity contribution in [3.8, 4) is 5.75 Å². The molecule has 2 aromatic carbocycles. The third-order valence-corrected chi connectivity index (χ3v) is 6.04. The normalized spacial score (nSPS) is 21.1. The molecule has 0 N–H and O–H groups in total. The molecule has 138 valence electrons. The quantitative estimate of drug-likeness (QED) is 0.706. The van der Waals surface area contributed by atoms with Crippen LogP contribution in [0.5, 0.6) is 5.75 Å². The van der Waals surface area contributed by atoms with Crippen LogP contribution in [-0.4, -0.2) is 37.4 Å². The van der Waals surface area contributed by atoms with Crippen LogP contribution in [0.4, 0.5) is 0 Å². The molecular formula is C23H29NO2. The van der Waals surface area contributed by atoms with Crippen LogP contribution in [0.1, 0.15) is 48.5 Å². The zero-order valence-electron chi connectivity index (χ0n) is 16.0. The van der Waals surface area contributed by atoms with Gasteiger partial charge in [0, 0.05) is 30.1 Å². The Morgan fingerprint density at radius 2 is 2.04 bits per heavy atom. The summed E-state index contributed by atoms with van der Waals surface area (Å²) in [5.74, 6) is 2.30. The van der Waals surface area contributed by atoms with Crippen LogP contribution < -0.4 is 4.74 Å². The molecule has 1 aliphatic carbocycles. The van der Waals surface area contributed by atoms with Gasteiger partial charge in [-0.1, -0.05) is 25.1 Å². The number of carbonyl (C=O) groups is 1. The summed E-state index contributed by atoms with van der Waals surface area (Å²) >= 11 is 0. The van der Waals surface area contributed by atoms with E-state index in [0.29, 0.717) is 5.78 Å². The number of methoxy groups -OCH3 is 1. The zero-order chi connectivity index (χ0) is 18.1. The van der Waals surface area contributed by atoms with Gasteiger partial charge in [0.1, 0.15) is 5.75 Å². The second-order valence-corrected chi connectivity index (χ2v) is 7.94. The van der Waals surface area contributed by atoms with Gasteiger partial charge in [-0.25, -0.2) is 0 Å². The van der Waals surface area contributed by atoms with E-state index >= 15 is 0 Å². The molecular weight excluding hydrogens is 322 g/mol. The van der Waals surface area contributed by atoms with Crippen molar-refractivity contribution in [1.29, 1.82) is 0 Å². The van der Waals surface area contributed by atoms with E-state index in [-0.39, 0.29) is 5.92 Å². The number of hydrogen-bond donors (Lipinski definition) is 0. The van der Waals surface area contributed by atoms with Gasteiger partial charge in [-0.2, -0.15) is 0 Å². The molecule has 3 nitrogen and oxygen atoms in total. The molecule has 1 saturated carbocycles. The van der Waals surface area contributed by atoms with Crippen LogP contribution in [0.2, 0.25) is 0 Å². The number of fused-ring (bicyclic) bond motifs is 1. The molecule has 1 aliphatic heterocycles. The first-order valence-corrected chi connectivity index (χ1v) is 10.1. The molecule has 26 heavy (non-hydrogen) atoms. The highest BCUT2D eigenvalue weighted by molar-refractivity contribution is 6.02. The number of piperidine rings is 1. The number of aryl methyl sites for hydroxylation is 1. The van der Waals surface area contributed by atoms with Crippen molar-refractivity contribution >= 4 is 16.6 Å². The Balaban J connectivity index is 1.56. The number of nitrogens with zero attached hydrogens (tertiary/aromatic N) is 1. The standard InChI is InChI=1S/C23H29NO2/c1-3-20-21-10-8-18(13-17(21)9-11-22(20)26-2)23(25)19-5-4-12-24(15-19)14-16-6-7-16/h8-11,13,16,19H,3-7,12,14-15H2,1-2H3. The number of rotatable bonds is 6. The number of carbonyl (C=O) groups excluding carboxylic acids is 1. The van der Waals surface area contributed by atoms with Crippen LogP contribution in [-0.2, 0) is 6.42 Å². The summed E-state index contributed by atoms with van der Waals surface area (Å²) < 4.78 is 5.49. The van der Waals surface area contributed by atoms with E-state index in [2.05, 4.69) is 30.0 Å². The lowest BCUT2D eigenvalue weighted by Gasteiger charge is -2.32. The van der Waals surface area contributed by atoms with Crippen LogP contribution in [0.25, 0.3) is 10.8 Å². The molecule has 1 atom stereocenters. The summed E-state index contributed by atoms with van der Waals surface area (Å²) in [7, 11) is 1.72. The number of Topliss-reactive ketones (excluding diaryl/α,β-unsaturated/α-hetero) is 1. The van der Waals surface area contributed by atoms with Crippen molar-refractivity contribution in [1.82, 2.24) is 4.90 Å². The Bertz CT molecular complexity index is 809. The average molecular weight is 351 g/mol. The maximum absolute atomic E-state index is 13.1. The van der Waals surface area contributed by atoms with Gasteiger partial charge < -0.3 is 9.64 Å². The van der Waals surface area contributed by atoms with Crippen molar-refractivity contribution in [3.05, 3.63) is 41.5 Å². The lowest BCUT2D eigenvalue weighted by molar-refractivity contribution is 0.0815. The van der Waals surface area contributed by atoms with Crippen molar-refractivity contribution < 1.29 is 9.53 Å². The minimum absolute atomic E-state index is 0.156. The Morgan fingerprint density at radius 3 is 2.77 bits per heavy atom. The van der Waals surface area contributed by atoms with Crippen LogP contribution in [0.3, 0.4) is 0 Å². The molecule has 1 saturated heterocycles. The summed E-state index contributed by atoms with van der Waals surface area (Å²) in [5.41, 5.74) is 2.08. The highest BCUT2D eigenvalue weighted by Gasteiger charge is 2.30. The smallest absolute Gasteiger partial charge is 0.167 e. The van der Waals surface area contributed by atoms with Gasteiger partial charge >= 0.3 is 0 Å². The fourth-order valence-corrected chi connectivity index (χ4v) is 4.42. The number of ether oxygens (including phenoxy) is 1. The third kappa shape index (κ3) is 3.50. The van der Waals surface area contributed by atoms with Gasteiger partial charge in [0.2, 0.25) is 0 Å². The Hall–Kier alpha value is -1.87. The number of ketones is 1. The highest BCUT2D eigenvalue weighted by Crippen LogP contribution is 2.33. The summed E-state index contributed by atoms with van der Waals surface area (Å²) in [5, 5.41) is 2.33.